The molecule has 0 spiro atoms. The van der Waals surface area contributed by atoms with Crippen LogP contribution in [0.5, 0.6) is 5.75 Å². The van der Waals surface area contributed by atoms with Crippen LogP contribution >= 0.6 is 0 Å². The van der Waals surface area contributed by atoms with Gasteiger partial charge in [0.25, 0.3) is 0 Å². The average Bonchev–Trinajstić information content (AvgIpc) is 2.65. The first-order valence-electron chi connectivity index (χ1n) is 9.11. The van der Waals surface area contributed by atoms with E-state index in [0.29, 0.717) is 23.3 Å². The van der Waals surface area contributed by atoms with E-state index in [-0.39, 0.29) is 24.7 Å². The molecule has 1 amide bonds. The first-order chi connectivity index (χ1) is 13.3. The molecule has 0 aromatic heterocycles. The lowest BCUT2D eigenvalue weighted by molar-refractivity contribution is -0.142. The fourth-order valence-electron chi connectivity index (χ4n) is 2.69. The maximum absolute atomic E-state index is 12.2. The molecule has 2 aromatic carbocycles. The highest BCUT2D eigenvalue weighted by atomic mass is 16.5. The van der Waals surface area contributed by atoms with Gasteiger partial charge in [0.1, 0.15) is 5.75 Å². The molecule has 0 saturated heterocycles. The van der Waals surface area contributed by atoms with Crippen LogP contribution in [0.4, 0.5) is 0 Å². The fraction of sp³-hybridized carbons (Fsp3) is 0.318. The van der Waals surface area contributed by atoms with Gasteiger partial charge in [-0.3, -0.25) is 9.59 Å². The standard InChI is InChI=1S/C22H25NO5/c1-14-9-10-18(12-15(14)2)21(22(26)27)23-20(25)8-5-11-28-19-7-4-6-17(13-19)16(3)24/h4,6-7,9-10,12-13,21H,5,8,11H2,1-3H3,(H,23,25)(H,26,27). The first kappa shape index (κ1) is 21.2. The van der Waals surface area contributed by atoms with E-state index in [1.165, 1.54) is 6.92 Å². The van der Waals surface area contributed by atoms with Crippen molar-refractivity contribution in [2.75, 3.05) is 6.61 Å². The quantitative estimate of drug-likeness (QED) is 0.510. The summed E-state index contributed by atoms with van der Waals surface area (Å²) >= 11 is 0. The summed E-state index contributed by atoms with van der Waals surface area (Å²) in [4.78, 5) is 35.1. The number of ether oxygens (including phenoxy) is 1. The third kappa shape index (κ3) is 5.94. The molecular formula is C22H25NO5. The van der Waals surface area contributed by atoms with Crippen LogP contribution in [0.15, 0.2) is 42.5 Å². The Morgan fingerprint density at radius 1 is 1.07 bits per heavy atom. The number of rotatable bonds is 9. The molecular weight excluding hydrogens is 358 g/mol. The Bertz CT molecular complexity index is 875. The van der Waals surface area contributed by atoms with Gasteiger partial charge >= 0.3 is 5.97 Å². The van der Waals surface area contributed by atoms with Crippen LogP contribution in [-0.2, 0) is 9.59 Å². The van der Waals surface area contributed by atoms with E-state index in [9.17, 15) is 19.5 Å². The van der Waals surface area contributed by atoms with Crippen LogP contribution < -0.4 is 10.1 Å². The number of carbonyl (C=O) groups is 3. The summed E-state index contributed by atoms with van der Waals surface area (Å²) in [6.45, 7) is 5.62. The van der Waals surface area contributed by atoms with Gasteiger partial charge in [0.05, 0.1) is 6.61 Å². The van der Waals surface area contributed by atoms with E-state index in [1.54, 1.807) is 36.4 Å². The van der Waals surface area contributed by atoms with Crippen LogP contribution in [0.2, 0.25) is 0 Å². The minimum absolute atomic E-state index is 0.0455. The molecule has 0 saturated carbocycles. The van der Waals surface area contributed by atoms with Crippen LogP contribution in [-0.4, -0.2) is 29.4 Å². The Morgan fingerprint density at radius 2 is 1.82 bits per heavy atom. The van der Waals surface area contributed by atoms with Crippen molar-refractivity contribution in [2.45, 2.75) is 39.7 Å². The van der Waals surface area contributed by atoms with Gasteiger partial charge in [0, 0.05) is 12.0 Å². The Kier molecular flexibility index (Phi) is 7.32. The lowest BCUT2D eigenvalue weighted by Gasteiger charge is -2.16. The third-order valence-corrected chi connectivity index (χ3v) is 4.47. The van der Waals surface area contributed by atoms with Gasteiger partial charge in [-0.2, -0.15) is 0 Å². The molecule has 148 valence electrons. The second-order valence-corrected chi connectivity index (χ2v) is 6.72. The summed E-state index contributed by atoms with van der Waals surface area (Å²) in [5, 5.41) is 12.0. The van der Waals surface area contributed by atoms with E-state index in [2.05, 4.69) is 5.32 Å². The average molecular weight is 383 g/mol. The number of carboxylic acids is 1. The molecule has 6 nitrogen and oxygen atoms in total. The van der Waals surface area contributed by atoms with Crippen molar-refractivity contribution in [3.63, 3.8) is 0 Å². The van der Waals surface area contributed by atoms with Gasteiger partial charge in [0.15, 0.2) is 11.8 Å². The lowest BCUT2D eigenvalue weighted by atomic mass is 10.0. The number of nitrogens with one attached hydrogen (secondary N) is 1. The number of carbonyl (C=O) groups excluding carboxylic acids is 2. The normalized spacial score (nSPS) is 11.5. The van der Waals surface area contributed by atoms with Crippen LogP contribution in [0.3, 0.4) is 0 Å². The minimum atomic E-state index is -1.10. The van der Waals surface area contributed by atoms with E-state index >= 15 is 0 Å². The Labute approximate surface area is 164 Å². The van der Waals surface area contributed by atoms with Gasteiger partial charge in [-0.1, -0.05) is 30.3 Å². The Balaban J connectivity index is 1.86. The topological polar surface area (TPSA) is 92.7 Å². The molecule has 2 N–H and O–H groups in total. The predicted molar refractivity (Wildman–Crippen MR) is 106 cm³/mol. The molecule has 2 aromatic rings. The van der Waals surface area contributed by atoms with Crippen molar-refractivity contribution < 1.29 is 24.2 Å². The molecule has 2 rings (SSSR count). The van der Waals surface area contributed by atoms with Gasteiger partial charge in [-0.05, 0) is 56.0 Å². The molecule has 6 heteroatoms. The number of amides is 1. The van der Waals surface area contributed by atoms with Crippen LogP contribution in [0.25, 0.3) is 0 Å². The molecule has 0 heterocycles. The monoisotopic (exact) mass is 383 g/mol. The summed E-state index contributed by atoms with van der Waals surface area (Å²) in [6.07, 6.45) is 0.566. The number of benzene rings is 2. The van der Waals surface area contributed by atoms with Gasteiger partial charge in [-0.25, -0.2) is 4.79 Å². The summed E-state index contributed by atoms with van der Waals surface area (Å²) in [5.74, 6) is -0.942. The number of aryl methyl sites for hydroxylation is 2. The summed E-state index contributed by atoms with van der Waals surface area (Å²) in [5.41, 5.74) is 3.14. The highest BCUT2D eigenvalue weighted by Gasteiger charge is 2.22. The highest BCUT2D eigenvalue weighted by molar-refractivity contribution is 5.94. The van der Waals surface area contributed by atoms with E-state index < -0.39 is 12.0 Å². The zero-order valence-corrected chi connectivity index (χ0v) is 16.3. The van der Waals surface area contributed by atoms with Crippen molar-refractivity contribution in [1.29, 1.82) is 0 Å². The molecule has 0 aliphatic carbocycles. The van der Waals surface area contributed by atoms with Gasteiger partial charge < -0.3 is 15.2 Å². The lowest BCUT2D eigenvalue weighted by Crippen LogP contribution is -2.33. The minimum Gasteiger partial charge on any atom is -0.494 e. The number of hydrogen-bond donors (Lipinski definition) is 2. The molecule has 28 heavy (non-hydrogen) atoms. The van der Waals surface area contributed by atoms with Crippen molar-refractivity contribution in [3.05, 3.63) is 64.7 Å². The highest BCUT2D eigenvalue weighted by Crippen LogP contribution is 2.18. The zero-order chi connectivity index (χ0) is 20.7. The zero-order valence-electron chi connectivity index (χ0n) is 16.3. The van der Waals surface area contributed by atoms with E-state index in [4.69, 9.17) is 4.74 Å². The molecule has 0 fully saturated rings. The molecule has 0 radical (unpaired) electrons. The van der Waals surface area contributed by atoms with Crippen LogP contribution in [0, 0.1) is 13.8 Å². The molecule has 0 aliphatic heterocycles. The largest absolute Gasteiger partial charge is 0.494 e. The fourth-order valence-corrected chi connectivity index (χ4v) is 2.69. The maximum atomic E-state index is 12.2. The van der Waals surface area contributed by atoms with Gasteiger partial charge in [0.2, 0.25) is 5.91 Å². The number of aliphatic carboxylic acids is 1. The number of carboxylic acid groups (broad SMARTS) is 1. The second-order valence-electron chi connectivity index (χ2n) is 6.72. The first-order valence-corrected chi connectivity index (χ1v) is 9.11. The van der Waals surface area contributed by atoms with E-state index in [1.807, 2.05) is 19.9 Å². The summed E-state index contributed by atoms with van der Waals surface area (Å²) in [6, 6.07) is 11.1. The molecule has 1 atom stereocenters. The van der Waals surface area contributed by atoms with E-state index in [0.717, 1.165) is 11.1 Å². The second kappa shape index (κ2) is 9.69. The smallest absolute Gasteiger partial charge is 0.330 e. The Morgan fingerprint density at radius 3 is 2.46 bits per heavy atom. The number of Topliss-reactive ketones (excluding diaryl/α,β-unsaturated/α-hetero) is 1. The molecule has 0 bridgehead atoms. The maximum Gasteiger partial charge on any atom is 0.330 e. The molecule has 0 aliphatic rings. The van der Waals surface area contributed by atoms with Crippen LogP contribution in [0.1, 0.15) is 52.9 Å². The summed E-state index contributed by atoms with van der Waals surface area (Å²) in [7, 11) is 0. The van der Waals surface area contributed by atoms with Crippen molar-refractivity contribution in [2.24, 2.45) is 0 Å². The van der Waals surface area contributed by atoms with Gasteiger partial charge in [-0.15, -0.1) is 0 Å². The SMILES string of the molecule is CC(=O)c1cccc(OCCCC(=O)NC(C(=O)O)c2ccc(C)c(C)c2)c1. The Hall–Kier alpha value is -3.15. The van der Waals surface area contributed by atoms with Crippen molar-refractivity contribution in [3.8, 4) is 5.75 Å². The predicted octanol–water partition coefficient (Wildman–Crippen LogP) is 3.61. The number of hydrogen-bond acceptors (Lipinski definition) is 4. The summed E-state index contributed by atoms with van der Waals surface area (Å²) < 4.78 is 5.56. The van der Waals surface area contributed by atoms with Crippen molar-refractivity contribution >= 4 is 17.7 Å². The van der Waals surface area contributed by atoms with Crippen molar-refractivity contribution in [1.82, 2.24) is 5.32 Å². The third-order valence-electron chi connectivity index (χ3n) is 4.47. The number of ketones is 1. The molecule has 1 unspecified atom stereocenters.